The number of aliphatic hydroxyl groups excluding tert-OH is 1. The first kappa shape index (κ1) is 17.0. The zero-order valence-electron chi connectivity index (χ0n) is 13.5. The predicted molar refractivity (Wildman–Crippen MR) is 92.0 cm³/mol. The minimum atomic E-state index is -0.552. The molecule has 1 unspecified atom stereocenters. The highest BCUT2D eigenvalue weighted by atomic mass is 16.5. The molecule has 3 heteroatoms. The number of esters is 1. The second-order valence-electron chi connectivity index (χ2n) is 5.61. The molecular weight excluding hydrogens is 288 g/mol. The number of allylic oxidation sites excluding steroid dienone is 1. The third-order valence-corrected chi connectivity index (χ3v) is 3.51. The summed E-state index contributed by atoms with van der Waals surface area (Å²) in [6.07, 6.45) is 1.23. The molecule has 0 saturated carbocycles. The third kappa shape index (κ3) is 5.38. The molecule has 2 rings (SSSR count). The van der Waals surface area contributed by atoms with E-state index in [4.69, 9.17) is 4.74 Å². The Balaban J connectivity index is 2.15. The molecule has 0 bridgehead atoms. The minimum absolute atomic E-state index is 0.364. The monoisotopic (exact) mass is 310 g/mol. The SMILES string of the molecule is C/C(=C\C(C[C@H](C)O)OC(=O)c1ccccc1)c1ccccc1. The Bertz CT molecular complexity index is 645. The highest BCUT2D eigenvalue weighted by Crippen LogP contribution is 2.18. The summed E-state index contributed by atoms with van der Waals surface area (Å²) in [6, 6.07) is 18.8. The first-order valence-electron chi connectivity index (χ1n) is 7.74. The number of carbonyl (C=O) groups is 1. The summed E-state index contributed by atoms with van der Waals surface area (Å²) in [5.74, 6) is -0.381. The number of hydrogen-bond acceptors (Lipinski definition) is 3. The number of rotatable bonds is 6. The number of aliphatic hydroxyl groups is 1. The Morgan fingerprint density at radius 1 is 1.04 bits per heavy atom. The lowest BCUT2D eigenvalue weighted by atomic mass is 10.0. The fourth-order valence-electron chi connectivity index (χ4n) is 2.34. The van der Waals surface area contributed by atoms with Crippen LogP contribution >= 0.6 is 0 Å². The molecule has 0 spiro atoms. The summed E-state index contributed by atoms with van der Waals surface area (Å²) in [5.41, 5.74) is 2.59. The van der Waals surface area contributed by atoms with Gasteiger partial charge in [-0.3, -0.25) is 0 Å². The van der Waals surface area contributed by atoms with Crippen LogP contribution in [0, 0.1) is 0 Å². The number of hydrogen-bond donors (Lipinski definition) is 1. The summed E-state index contributed by atoms with van der Waals surface area (Å²) >= 11 is 0. The largest absolute Gasteiger partial charge is 0.454 e. The first-order chi connectivity index (χ1) is 11.1. The van der Waals surface area contributed by atoms with Crippen molar-refractivity contribution in [3.05, 3.63) is 77.9 Å². The summed E-state index contributed by atoms with van der Waals surface area (Å²) in [4.78, 5) is 12.2. The van der Waals surface area contributed by atoms with Gasteiger partial charge in [0.2, 0.25) is 0 Å². The molecule has 120 valence electrons. The fourth-order valence-corrected chi connectivity index (χ4v) is 2.34. The van der Waals surface area contributed by atoms with Crippen molar-refractivity contribution in [3.8, 4) is 0 Å². The van der Waals surface area contributed by atoms with Crippen molar-refractivity contribution in [3.63, 3.8) is 0 Å². The van der Waals surface area contributed by atoms with Crippen LogP contribution in [-0.2, 0) is 4.74 Å². The molecule has 1 N–H and O–H groups in total. The van der Waals surface area contributed by atoms with Crippen LogP contribution < -0.4 is 0 Å². The average molecular weight is 310 g/mol. The van der Waals surface area contributed by atoms with Crippen LogP contribution in [-0.4, -0.2) is 23.3 Å². The summed E-state index contributed by atoms with van der Waals surface area (Å²) in [7, 11) is 0. The van der Waals surface area contributed by atoms with E-state index in [9.17, 15) is 9.90 Å². The van der Waals surface area contributed by atoms with Gasteiger partial charge in [-0.15, -0.1) is 0 Å². The lowest BCUT2D eigenvalue weighted by Gasteiger charge is -2.17. The van der Waals surface area contributed by atoms with Crippen LogP contribution in [0.3, 0.4) is 0 Å². The van der Waals surface area contributed by atoms with Gasteiger partial charge >= 0.3 is 5.97 Å². The Morgan fingerprint density at radius 2 is 1.57 bits per heavy atom. The maximum absolute atomic E-state index is 12.2. The molecule has 2 aromatic carbocycles. The van der Waals surface area contributed by atoms with E-state index in [2.05, 4.69) is 0 Å². The van der Waals surface area contributed by atoms with E-state index < -0.39 is 12.2 Å². The Labute approximate surface area is 137 Å². The van der Waals surface area contributed by atoms with Gasteiger partial charge in [-0.1, -0.05) is 48.5 Å². The Morgan fingerprint density at radius 3 is 2.09 bits per heavy atom. The number of benzene rings is 2. The Kier molecular flexibility index (Phi) is 6.12. The molecule has 0 aromatic heterocycles. The van der Waals surface area contributed by atoms with Crippen LogP contribution in [0.25, 0.3) is 5.57 Å². The summed E-state index contributed by atoms with van der Waals surface area (Å²) < 4.78 is 5.56. The lowest BCUT2D eigenvalue weighted by molar-refractivity contribution is 0.0293. The van der Waals surface area contributed by atoms with E-state index in [1.54, 1.807) is 31.2 Å². The van der Waals surface area contributed by atoms with Gasteiger partial charge in [0, 0.05) is 6.42 Å². The van der Waals surface area contributed by atoms with Gasteiger partial charge in [0.05, 0.1) is 11.7 Å². The lowest BCUT2D eigenvalue weighted by Crippen LogP contribution is -2.21. The quantitative estimate of drug-likeness (QED) is 0.818. The van der Waals surface area contributed by atoms with Crippen LogP contribution in [0.4, 0.5) is 0 Å². The molecule has 0 saturated heterocycles. The van der Waals surface area contributed by atoms with E-state index >= 15 is 0 Å². The second kappa shape index (κ2) is 8.30. The van der Waals surface area contributed by atoms with Crippen molar-refractivity contribution < 1.29 is 14.6 Å². The predicted octanol–water partition coefficient (Wildman–Crippen LogP) is 4.09. The van der Waals surface area contributed by atoms with Crippen LogP contribution in [0.1, 0.15) is 36.2 Å². The van der Waals surface area contributed by atoms with E-state index in [1.807, 2.05) is 49.4 Å². The molecule has 0 fully saturated rings. The maximum atomic E-state index is 12.2. The van der Waals surface area contributed by atoms with E-state index in [-0.39, 0.29) is 5.97 Å². The first-order valence-corrected chi connectivity index (χ1v) is 7.74. The smallest absolute Gasteiger partial charge is 0.338 e. The minimum Gasteiger partial charge on any atom is -0.454 e. The van der Waals surface area contributed by atoms with Crippen molar-refractivity contribution in [2.45, 2.75) is 32.5 Å². The molecule has 0 radical (unpaired) electrons. The molecule has 0 aliphatic heterocycles. The van der Waals surface area contributed by atoms with E-state index in [0.717, 1.165) is 11.1 Å². The molecule has 2 atom stereocenters. The number of ether oxygens (including phenoxy) is 1. The van der Waals surface area contributed by atoms with Crippen molar-refractivity contribution in [1.82, 2.24) is 0 Å². The highest BCUT2D eigenvalue weighted by Gasteiger charge is 2.16. The molecule has 0 aliphatic rings. The summed E-state index contributed by atoms with van der Waals surface area (Å²) in [6.45, 7) is 3.66. The molecule has 0 aliphatic carbocycles. The molecule has 2 aromatic rings. The highest BCUT2D eigenvalue weighted by molar-refractivity contribution is 5.89. The van der Waals surface area contributed by atoms with Gasteiger partial charge in [-0.2, -0.15) is 0 Å². The van der Waals surface area contributed by atoms with Crippen molar-refractivity contribution in [2.24, 2.45) is 0 Å². The standard InChI is InChI=1S/C20H22O3/c1-15(17-9-5-3-6-10-17)13-19(14-16(2)21)23-20(22)18-11-7-4-8-12-18/h3-13,16,19,21H,14H2,1-2H3/b15-13+/t16-,19?/m0/s1. The van der Waals surface area contributed by atoms with Crippen molar-refractivity contribution in [1.29, 1.82) is 0 Å². The molecule has 3 nitrogen and oxygen atoms in total. The van der Waals surface area contributed by atoms with E-state index in [0.29, 0.717) is 12.0 Å². The maximum Gasteiger partial charge on any atom is 0.338 e. The zero-order valence-corrected chi connectivity index (χ0v) is 13.5. The molecule has 0 heterocycles. The van der Waals surface area contributed by atoms with Crippen molar-refractivity contribution in [2.75, 3.05) is 0 Å². The Hall–Kier alpha value is -2.39. The normalized spacial score (nSPS) is 14.1. The van der Waals surface area contributed by atoms with Gasteiger partial charge in [0.1, 0.15) is 6.10 Å². The number of carbonyl (C=O) groups excluding carboxylic acids is 1. The second-order valence-corrected chi connectivity index (χ2v) is 5.61. The zero-order chi connectivity index (χ0) is 16.7. The van der Waals surface area contributed by atoms with Crippen molar-refractivity contribution >= 4 is 11.5 Å². The average Bonchev–Trinajstić information content (AvgIpc) is 2.55. The van der Waals surface area contributed by atoms with Gasteiger partial charge in [0.15, 0.2) is 0 Å². The van der Waals surface area contributed by atoms with Gasteiger partial charge in [-0.05, 0) is 43.2 Å². The molecule has 0 amide bonds. The fraction of sp³-hybridized carbons (Fsp3) is 0.250. The topological polar surface area (TPSA) is 46.5 Å². The van der Waals surface area contributed by atoms with Gasteiger partial charge in [0.25, 0.3) is 0 Å². The van der Waals surface area contributed by atoms with Gasteiger partial charge < -0.3 is 9.84 Å². The van der Waals surface area contributed by atoms with Crippen LogP contribution in [0.15, 0.2) is 66.7 Å². The third-order valence-electron chi connectivity index (χ3n) is 3.51. The molecule has 23 heavy (non-hydrogen) atoms. The van der Waals surface area contributed by atoms with Crippen LogP contribution in [0.5, 0.6) is 0 Å². The molecular formula is C20H22O3. The van der Waals surface area contributed by atoms with E-state index in [1.165, 1.54) is 0 Å². The van der Waals surface area contributed by atoms with Crippen LogP contribution in [0.2, 0.25) is 0 Å². The summed E-state index contributed by atoms with van der Waals surface area (Å²) in [5, 5.41) is 9.67. The van der Waals surface area contributed by atoms with Gasteiger partial charge in [-0.25, -0.2) is 4.79 Å².